The number of ketones is 1. The molecule has 1 amide bonds. The molecule has 0 bridgehead atoms. The molecule has 2 heterocycles. The number of nitro benzene ring substituents is 1. The predicted molar refractivity (Wildman–Crippen MR) is 134 cm³/mol. The van der Waals surface area contributed by atoms with E-state index in [2.05, 4.69) is 0 Å². The lowest BCUT2D eigenvalue weighted by Gasteiger charge is -2.25. The minimum absolute atomic E-state index is 0.0963. The Hall–Kier alpha value is -4.92. The summed E-state index contributed by atoms with van der Waals surface area (Å²) in [7, 11) is 3.39. The van der Waals surface area contributed by atoms with Gasteiger partial charge in [0.25, 0.3) is 17.4 Å². The van der Waals surface area contributed by atoms with Gasteiger partial charge in [0.2, 0.25) is 0 Å². The molecule has 1 unspecified atom stereocenters. The summed E-state index contributed by atoms with van der Waals surface area (Å²) < 4.78 is 7.12. The Morgan fingerprint density at radius 1 is 1.00 bits per heavy atom. The minimum Gasteiger partial charge on any atom is -0.507 e. The molecule has 1 aromatic heterocycles. The fraction of sp³-hybridized carbons (Fsp3) is 0.111. The molecule has 1 aliphatic heterocycles. The van der Waals surface area contributed by atoms with Gasteiger partial charge in [-0.05, 0) is 42.5 Å². The Balaban J connectivity index is 1.75. The molecular formula is C27H21N3O6. The first-order chi connectivity index (χ1) is 17.3. The number of aryl methyl sites for hydroxylation is 1. The summed E-state index contributed by atoms with van der Waals surface area (Å²) in [6, 6.07) is 18.6. The fourth-order valence-electron chi connectivity index (χ4n) is 4.62. The summed E-state index contributed by atoms with van der Waals surface area (Å²) in [6.45, 7) is 0. The van der Waals surface area contributed by atoms with Crippen LogP contribution in [0.4, 0.5) is 11.4 Å². The number of nitrogens with zero attached hydrogens (tertiary/aromatic N) is 3. The average molecular weight is 483 g/mol. The van der Waals surface area contributed by atoms with Crippen LogP contribution in [0.25, 0.3) is 16.7 Å². The number of carbonyl (C=O) groups excluding carboxylic acids is 2. The quantitative estimate of drug-likeness (QED) is 0.144. The van der Waals surface area contributed by atoms with E-state index in [0.29, 0.717) is 17.0 Å². The maximum Gasteiger partial charge on any atom is 0.300 e. The van der Waals surface area contributed by atoms with Gasteiger partial charge >= 0.3 is 0 Å². The van der Waals surface area contributed by atoms with Crippen LogP contribution in [-0.2, 0) is 16.6 Å². The second-order valence-corrected chi connectivity index (χ2v) is 8.38. The van der Waals surface area contributed by atoms with Crippen molar-refractivity contribution in [2.45, 2.75) is 6.04 Å². The molecular weight excluding hydrogens is 462 g/mol. The number of para-hydroxylation sites is 1. The highest BCUT2D eigenvalue weighted by molar-refractivity contribution is 6.51. The number of ether oxygens (including phenoxy) is 1. The van der Waals surface area contributed by atoms with Gasteiger partial charge in [-0.25, -0.2) is 0 Å². The molecule has 9 nitrogen and oxygen atoms in total. The number of hydrogen-bond acceptors (Lipinski definition) is 6. The maximum absolute atomic E-state index is 13.4. The van der Waals surface area contributed by atoms with Crippen molar-refractivity contribution < 1.29 is 24.4 Å². The number of aliphatic hydroxyl groups is 1. The molecule has 0 aliphatic carbocycles. The number of carbonyl (C=O) groups is 2. The number of Topliss-reactive ketones (excluding diaryl/α,β-unsaturated/α-hetero) is 1. The standard InChI is InChI=1S/C27H21N3O6/c1-28-15-21(20-5-3-4-6-22(20)28)24-23(25(31)16-7-9-18(10-8-16)30(34)35)26(32)27(33)29(24)17-11-13-19(36-2)14-12-17/h3-15,24,31H,1-2H3/b25-23+. The average Bonchev–Trinajstić information content (AvgIpc) is 3.37. The van der Waals surface area contributed by atoms with Crippen LogP contribution in [0.1, 0.15) is 17.2 Å². The van der Waals surface area contributed by atoms with E-state index in [1.54, 1.807) is 24.3 Å². The van der Waals surface area contributed by atoms with Crippen molar-refractivity contribution in [2.75, 3.05) is 12.0 Å². The van der Waals surface area contributed by atoms with E-state index in [4.69, 9.17) is 4.74 Å². The molecule has 1 saturated heterocycles. The number of rotatable bonds is 5. The summed E-state index contributed by atoms with van der Waals surface area (Å²) in [6.07, 6.45) is 1.83. The molecule has 1 N–H and O–H groups in total. The summed E-state index contributed by atoms with van der Waals surface area (Å²) in [4.78, 5) is 38.6. The Labute approximate surface area is 205 Å². The molecule has 1 aliphatic rings. The number of fused-ring (bicyclic) bond motifs is 1. The molecule has 1 fully saturated rings. The van der Waals surface area contributed by atoms with Crippen LogP contribution < -0.4 is 9.64 Å². The fourth-order valence-corrected chi connectivity index (χ4v) is 4.62. The third-order valence-corrected chi connectivity index (χ3v) is 6.37. The van der Waals surface area contributed by atoms with E-state index >= 15 is 0 Å². The van der Waals surface area contributed by atoms with Crippen LogP contribution in [0.5, 0.6) is 5.75 Å². The first-order valence-corrected chi connectivity index (χ1v) is 11.1. The molecule has 180 valence electrons. The molecule has 5 rings (SSSR count). The van der Waals surface area contributed by atoms with E-state index in [0.717, 1.165) is 10.9 Å². The number of non-ortho nitro benzene ring substituents is 1. The molecule has 4 aromatic rings. The first-order valence-electron chi connectivity index (χ1n) is 11.1. The molecule has 3 aromatic carbocycles. The molecule has 0 saturated carbocycles. The Bertz CT molecular complexity index is 1550. The highest BCUT2D eigenvalue weighted by atomic mass is 16.6. The first kappa shape index (κ1) is 22.9. The number of aliphatic hydroxyl groups excluding tert-OH is 1. The van der Waals surface area contributed by atoms with Gasteiger partial charge in [0.1, 0.15) is 11.5 Å². The maximum atomic E-state index is 13.4. The van der Waals surface area contributed by atoms with Crippen molar-refractivity contribution in [3.05, 3.63) is 106 Å². The van der Waals surface area contributed by atoms with Crippen molar-refractivity contribution in [3.8, 4) is 5.75 Å². The molecule has 9 heteroatoms. The molecule has 0 radical (unpaired) electrons. The lowest BCUT2D eigenvalue weighted by molar-refractivity contribution is -0.384. The van der Waals surface area contributed by atoms with Crippen LogP contribution in [0.2, 0.25) is 0 Å². The number of nitro groups is 1. The third-order valence-electron chi connectivity index (χ3n) is 6.37. The number of methoxy groups -OCH3 is 1. The number of anilines is 1. The predicted octanol–water partition coefficient (Wildman–Crippen LogP) is 4.72. The van der Waals surface area contributed by atoms with Crippen molar-refractivity contribution in [1.29, 1.82) is 0 Å². The molecule has 0 spiro atoms. The van der Waals surface area contributed by atoms with Gasteiger partial charge in [-0.1, -0.05) is 18.2 Å². The Kier molecular flexibility index (Phi) is 5.52. The van der Waals surface area contributed by atoms with Crippen molar-refractivity contribution in [3.63, 3.8) is 0 Å². The van der Waals surface area contributed by atoms with E-state index in [-0.39, 0.29) is 16.8 Å². The highest BCUT2D eigenvalue weighted by Crippen LogP contribution is 2.44. The number of aromatic nitrogens is 1. The summed E-state index contributed by atoms with van der Waals surface area (Å²) in [5.74, 6) is -1.46. The van der Waals surface area contributed by atoms with Gasteiger partial charge in [0, 0.05) is 53.1 Å². The summed E-state index contributed by atoms with van der Waals surface area (Å²) in [5, 5.41) is 23.2. The topological polar surface area (TPSA) is 115 Å². The largest absolute Gasteiger partial charge is 0.507 e. The molecule has 36 heavy (non-hydrogen) atoms. The van der Waals surface area contributed by atoms with Crippen LogP contribution in [0.15, 0.2) is 84.6 Å². The van der Waals surface area contributed by atoms with Crippen molar-refractivity contribution >= 4 is 39.7 Å². The normalized spacial score (nSPS) is 17.1. The van der Waals surface area contributed by atoms with E-state index in [1.807, 2.05) is 42.1 Å². The summed E-state index contributed by atoms with van der Waals surface area (Å²) in [5.41, 5.74) is 1.95. The van der Waals surface area contributed by atoms with E-state index in [1.165, 1.54) is 36.3 Å². The van der Waals surface area contributed by atoms with Gasteiger partial charge in [0.05, 0.1) is 23.6 Å². The zero-order valence-corrected chi connectivity index (χ0v) is 19.4. The van der Waals surface area contributed by atoms with Gasteiger partial charge < -0.3 is 14.4 Å². The lowest BCUT2D eigenvalue weighted by Crippen LogP contribution is -2.29. The van der Waals surface area contributed by atoms with Gasteiger partial charge in [-0.2, -0.15) is 0 Å². The van der Waals surface area contributed by atoms with Crippen molar-refractivity contribution in [1.82, 2.24) is 4.57 Å². The lowest BCUT2D eigenvalue weighted by atomic mass is 9.94. The monoisotopic (exact) mass is 483 g/mol. The van der Waals surface area contributed by atoms with Gasteiger partial charge in [-0.15, -0.1) is 0 Å². The van der Waals surface area contributed by atoms with E-state index in [9.17, 15) is 24.8 Å². The van der Waals surface area contributed by atoms with Gasteiger partial charge in [0.15, 0.2) is 0 Å². The van der Waals surface area contributed by atoms with E-state index < -0.39 is 28.4 Å². The smallest absolute Gasteiger partial charge is 0.300 e. The third kappa shape index (κ3) is 3.58. The number of hydrogen-bond donors (Lipinski definition) is 1. The van der Waals surface area contributed by atoms with Gasteiger partial charge in [-0.3, -0.25) is 24.6 Å². The minimum atomic E-state index is -0.931. The zero-order chi connectivity index (χ0) is 25.6. The Morgan fingerprint density at radius 2 is 1.67 bits per heavy atom. The Morgan fingerprint density at radius 3 is 2.31 bits per heavy atom. The highest BCUT2D eigenvalue weighted by Gasteiger charge is 2.47. The SMILES string of the molecule is COc1ccc(N2C(=O)C(=O)/C(=C(/O)c3ccc([N+](=O)[O-])cc3)C2c2cn(C)c3ccccc23)cc1. The number of benzene rings is 3. The van der Waals surface area contributed by atoms with Crippen LogP contribution in [0, 0.1) is 10.1 Å². The van der Waals surface area contributed by atoms with Crippen LogP contribution >= 0.6 is 0 Å². The van der Waals surface area contributed by atoms with Crippen LogP contribution in [-0.4, -0.2) is 33.4 Å². The van der Waals surface area contributed by atoms with Crippen molar-refractivity contribution in [2.24, 2.45) is 7.05 Å². The second-order valence-electron chi connectivity index (χ2n) is 8.38. The molecule has 1 atom stereocenters. The summed E-state index contributed by atoms with van der Waals surface area (Å²) >= 11 is 0. The second kappa shape index (κ2) is 8.70. The zero-order valence-electron chi connectivity index (χ0n) is 19.4. The number of amides is 1. The van der Waals surface area contributed by atoms with Crippen LogP contribution in [0.3, 0.4) is 0 Å².